The first-order valence-corrected chi connectivity index (χ1v) is 11.0. The number of rotatable bonds is 5. The number of carbonyl (C=O) groups excluding carboxylic acids is 3. The van der Waals surface area contributed by atoms with Crippen LogP contribution in [0.3, 0.4) is 0 Å². The fraction of sp³-hybridized carbons (Fsp3) is 0.458. The number of phenols is 1. The molecule has 9 heteroatoms. The lowest BCUT2D eigenvalue weighted by molar-refractivity contribution is -0.147. The summed E-state index contributed by atoms with van der Waals surface area (Å²) < 4.78 is 0. The Labute approximate surface area is 190 Å². The molecule has 4 rings (SSSR count). The Hall–Kier alpha value is -3.17. The van der Waals surface area contributed by atoms with Gasteiger partial charge in [0.05, 0.1) is 5.56 Å². The van der Waals surface area contributed by atoms with Crippen LogP contribution in [0.25, 0.3) is 5.76 Å². The SMILES string of the molecule is CC(C)CNCc1ccc2c(c1O)C(O)=C1C(=O)[C@]3(O)C(O)=C(C(N)=O)C(=O)C[C@@H]3CC1C2. The number of Topliss-reactive ketones (excluding diaryl/α,β-unsaturated/α-hetero) is 2. The van der Waals surface area contributed by atoms with Crippen LogP contribution in [-0.2, 0) is 27.3 Å². The van der Waals surface area contributed by atoms with Gasteiger partial charge in [-0.3, -0.25) is 14.4 Å². The largest absolute Gasteiger partial charge is 0.508 e. The van der Waals surface area contributed by atoms with E-state index in [1.807, 2.05) is 0 Å². The summed E-state index contributed by atoms with van der Waals surface area (Å²) in [6, 6.07) is 3.55. The van der Waals surface area contributed by atoms with Gasteiger partial charge in [0.25, 0.3) is 5.91 Å². The number of hydrogen-bond donors (Lipinski definition) is 6. The number of aliphatic hydroxyl groups is 3. The van der Waals surface area contributed by atoms with Crippen LogP contribution < -0.4 is 11.1 Å². The highest BCUT2D eigenvalue weighted by Crippen LogP contribution is 2.52. The topological polar surface area (TPSA) is 170 Å². The van der Waals surface area contributed by atoms with E-state index in [-0.39, 0.29) is 29.7 Å². The van der Waals surface area contributed by atoms with Gasteiger partial charge in [0.1, 0.15) is 22.8 Å². The van der Waals surface area contributed by atoms with E-state index in [0.717, 1.165) is 6.54 Å². The zero-order valence-electron chi connectivity index (χ0n) is 18.5. The summed E-state index contributed by atoms with van der Waals surface area (Å²) in [4.78, 5) is 37.5. The van der Waals surface area contributed by atoms with Crippen molar-refractivity contribution in [2.75, 3.05) is 6.54 Å². The van der Waals surface area contributed by atoms with E-state index in [1.54, 1.807) is 12.1 Å². The Kier molecular flexibility index (Phi) is 5.58. The van der Waals surface area contributed by atoms with Crippen molar-refractivity contribution in [2.24, 2.45) is 23.5 Å². The third kappa shape index (κ3) is 3.43. The molecule has 3 atom stereocenters. The van der Waals surface area contributed by atoms with Crippen LogP contribution in [0.2, 0.25) is 0 Å². The molecule has 7 N–H and O–H groups in total. The molecule has 0 saturated heterocycles. The second-order valence-corrected chi connectivity index (χ2v) is 9.54. The van der Waals surface area contributed by atoms with Gasteiger partial charge in [-0.15, -0.1) is 0 Å². The molecule has 0 aromatic heterocycles. The molecule has 1 amide bonds. The summed E-state index contributed by atoms with van der Waals surface area (Å²) in [6.45, 7) is 5.19. The number of amides is 1. The molecule has 176 valence electrons. The Morgan fingerprint density at radius 1 is 1.21 bits per heavy atom. The van der Waals surface area contributed by atoms with E-state index in [2.05, 4.69) is 19.2 Å². The standard InChI is InChI=1S/C24H28N2O7/c1-10(2)8-26-9-12-4-3-11-5-13-6-14-7-15(27)18(23(25)32)22(31)24(14,33)21(30)17(13)20(29)16(11)19(12)28/h3-4,10,13-14,26,28-29,31,33H,5-9H2,1-2H3,(H2,25,32)/t13?,14-,24-/m0/s1. The highest BCUT2D eigenvalue weighted by Gasteiger charge is 2.60. The Balaban J connectivity index is 1.79. The predicted molar refractivity (Wildman–Crippen MR) is 118 cm³/mol. The lowest BCUT2D eigenvalue weighted by atomic mass is 9.59. The molecular formula is C24H28N2O7. The summed E-state index contributed by atoms with van der Waals surface area (Å²) in [5.41, 5.74) is 3.03. The average Bonchev–Trinajstić information content (AvgIpc) is 2.71. The third-order valence-electron chi connectivity index (χ3n) is 6.89. The van der Waals surface area contributed by atoms with Crippen LogP contribution in [0, 0.1) is 17.8 Å². The maximum absolute atomic E-state index is 13.4. The third-order valence-corrected chi connectivity index (χ3v) is 6.89. The van der Waals surface area contributed by atoms with Crippen molar-refractivity contribution in [1.29, 1.82) is 0 Å². The molecule has 0 aliphatic heterocycles. The number of primary amides is 1. The number of ketones is 2. The summed E-state index contributed by atoms with van der Waals surface area (Å²) in [5.74, 6) is -5.72. The van der Waals surface area contributed by atoms with Gasteiger partial charge in [-0.2, -0.15) is 0 Å². The fourth-order valence-corrected chi connectivity index (χ4v) is 5.28. The monoisotopic (exact) mass is 456 g/mol. The van der Waals surface area contributed by atoms with Gasteiger partial charge in [0.2, 0.25) is 5.78 Å². The maximum Gasteiger partial charge on any atom is 0.255 e. The summed E-state index contributed by atoms with van der Waals surface area (Å²) in [6.07, 6.45) is 0.108. The Morgan fingerprint density at radius 2 is 1.91 bits per heavy atom. The van der Waals surface area contributed by atoms with Crippen molar-refractivity contribution in [3.8, 4) is 5.75 Å². The molecule has 1 aromatic carbocycles. The lowest BCUT2D eigenvalue weighted by Crippen LogP contribution is -2.58. The average molecular weight is 456 g/mol. The van der Waals surface area contributed by atoms with E-state index in [9.17, 15) is 34.8 Å². The Bertz CT molecular complexity index is 1130. The van der Waals surface area contributed by atoms with Crippen molar-refractivity contribution in [3.63, 3.8) is 0 Å². The molecular weight excluding hydrogens is 428 g/mol. The van der Waals surface area contributed by atoms with Gasteiger partial charge in [-0.25, -0.2) is 0 Å². The molecule has 0 radical (unpaired) electrons. The van der Waals surface area contributed by atoms with Crippen molar-refractivity contribution < 1.29 is 34.8 Å². The van der Waals surface area contributed by atoms with E-state index in [4.69, 9.17) is 5.73 Å². The number of hydrogen-bond acceptors (Lipinski definition) is 8. The first kappa shape index (κ1) is 23.0. The van der Waals surface area contributed by atoms with Crippen LogP contribution in [0.5, 0.6) is 5.75 Å². The number of phenolic OH excluding ortho intramolecular Hbond substituents is 1. The quantitative estimate of drug-likeness (QED) is 0.359. The number of benzene rings is 1. The van der Waals surface area contributed by atoms with Crippen molar-refractivity contribution in [1.82, 2.24) is 5.32 Å². The molecule has 1 unspecified atom stereocenters. The normalized spacial score (nSPS) is 26.9. The molecule has 1 fully saturated rings. The van der Waals surface area contributed by atoms with E-state index in [0.29, 0.717) is 30.0 Å². The van der Waals surface area contributed by atoms with Crippen molar-refractivity contribution >= 4 is 23.2 Å². The van der Waals surface area contributed by atoms with Crippen molar-refractivity contribution in [3.05, 3.63) is 45.7 Å². The number of aliphatic hydroxyl groups excluding tert-OH is 2. The minimum Gasteiger partial charge on any atom is -0.508 e. The second kappa shape index (κ2) is 8.00. The summed E-state index contributed by atoms with van der Waals surface area (Å²) in [5, 5.41) is 47.0. The van der Waals surface area contributed by atoms with Crippen LogP contribution in [0.15, 0.2) is 29.0 Å². The zero-order chi connectivity index (χ0) is 24.2. The molecule has 0 bridgehead atoms. The molecule has 9 nitrogen and oxygen atoms in total. The lowest BCUT2D eigenvalue weighted by Gasteiger charge is -2.46. The van der Waals surface area contributed by atoms with E-state index < -0.39 is 52.0 Å². The smallest absolute Gasteiger partial charge is 0.255 e. The first-order chi connectivity index (χ1) is 15.5. The van der Waals surface area contributed by atoms with Gasteiger partial charge in [0, 0.05) is 30.0 Å². The number of nitrogens with one attached hydrogen (secondary N) is 1. The molecule has 33 heavy (non-hydrogen) atoms. The van der Waals surface area contributed by atoms with Crippen molar-refractivity contribution in [2.45, 2.75) is 45.3 Å². The molecule has 3 aliphatic carbocycles. The molecule has 1 aromatic rings. The second-order valence-electron chi connectivity index (χ2n) is 9.54. The zero-order valence-corrected chi connectivity index (χ0v) is 18.5. The van der Waals surface area contributed by atoms with Gasteiger partial charge in [0.15, 0.2) is 11.4 Å². The number of carbonyl (C=O) groups is 3. The van der Waals surface area contributed by atoms with Gasteiger partial charge in [-0.1, -0.05) is 26.0 Å². The fourth-order valence-electron chi connectivity index (χ4n) is 5.28. The highest BCUT2D eigenvalue weighted by molar-refractivity contribution is 6.22. The number of fused-ring (bicyclic) bond motifs is 3. The van der Waals surface area contributed by atoms with E-state index >= 15 is 0 Å². The Morgan fingerprint density at radius 3 is 2.55 bits per heavy atom. The van der Waals surface area contributed by atoms with Gasteiger partial charge in [-0.05, 0) is 36.8 Å². The van der Waals surface area contributed by atoms with E-state index in [1.165, 1.54) is 0 Å². The summed E-state index contributed by atoms with van der Waals surface area (Å²) >= 11 is 0. The van der Waals surface area contributed by atoms with Crippen LogP contribution in [0.4, 0.5) is 0 Å². The molecule has 0 heterocycles. The number of nitrogens with two attached hydrogens (primary N) is 1. The predicted octanol–water partition coefficient (Wildman–Crippen LogP) is 1.17. The molecule has 3 aliphatic rings. The number of aromatic hydroxyl groups is 1. The van der Waals surface area contributed by atoms with Crippen LogP contribution in [0.1, 0.15) is 43.4 Å². The first-order valence-electron chi connectivity index (χ1n) is 11.0. The van der Waals surface area contributed by atoms with Gasteiger partial charge >= 0.3 is 0 Å². The minimum absolute atomic E-state index is 0.117. The molecule has 1 saturated carbocycles. The minimum atomic E-state index is -2.54. The highest BCUT2D eigenvalue weighted by atomic mass is 16.3. The summed E-state index contributed by atoms with van der Waals surface area (Å²) in [7, 11) is 0. The maximum atomic E-state index is 13.4. The molecule has 0 spiro atoms. The van der Waals surface area contributed by atoms with Crippen LogP contribution >= 0.6 is 0 Å². The van der Waals surface area contributed by atoms with Crippen LogP contribution in [-0.4, -0.2) is 50.0 Å². The van der Waals surface area contributed by atoms with Gasteiger partial charge < -0.3 is 31.5 Å².